The molecule has 0 fully saturated rings. The Morgan fingerprint density at radius 1 is 1.24 bits per heavy atom. The molecule has 4 rings (SSSR count). The largest absolute Gasteiger partial charge is 0.300 e. The number of hydrogen-bond acceptors (Lipinski definition) is 4. The molecule has 0 radical (unpaired) electrons. The number of hydrogen-bond donors (Lipinski definition) is 0. The number of aryl methyl sites for hydroxylation is 1. The Morgan fingerprint density at radius 3 is 2.62 bits per heavy atom. The Kier molecular flexibility index (Phi) is 5.19. The Hall–Kier alpha value is -2.27. The number of rotatable bonds is 4. The highest BCUT2D eigenvalue weighted by atomic mass is 32.1. The first kappa shape index (κ1) is 20.0. The second-order valence-electron chi connectivity index (χ2n) is 9.20. The third kappa shape index (κ3) is 3.80. The molecule has 0 N–H and O–H groups in total. The molecule has 3 aromatic rings. The average Bonchev–Trinajstić information content (AvgIpc) is 3.04. The molecule has 0 aliphatic heterocycles. The Labute approximate surface area is 175 Å². The molecule has 0 saturated carbocycles. The van der Waals surface area contributed by atoms with Crippen LogP contribution in [0.15, 0.2) is 35.1 Å². The summed E-state index contributed by atoms with van der Waals surface area (Å²) >= 11 is 1.68. The molecule has 0 amide bonds. The molecule has 2 heterocycles. The van der Waals surface area contributed by atoms with Crippen molar-refractivity contribution < 1.29 is 4.79 Å². The number of carbonyl (C=O) groups is 1. The van der Waals surface area contributed by atoms with Crippen LogP contribution in [0.2, 0.25) is 0 Å². The highest BCUT2D eigenvalue weighted by molar-refractivity contribution is 7.18. The van der Waals surface area contributed by atoms with Gasteiger partial charge in [-0.3, -0.25) is 14.2 Å². The van der Waals surface area contributed by atoms with Gasteiger partial charge in [-0.2, -0.15) is 0 Å². The summed E-state index contributed by atoms with van der Waals surface area (Å²) in [6.45, 7) is 8.85. The van der Waals surface area contributed by atoms with Crippen LogP contribution in [0, 0.1) is 11.3 Å². The molecule has 2 aromatic heterocycles. The number of nitrogens with zero attached hydrogens (tertiary/aromatic N) is 2. The topological polar surface area (TPSA) is 52.0 Å². The van der Waals surface area contributed by atoms with E-state index in [1.807, 2.05) is 30.3 Å². The van der Waals surface area contributed by atoms with Crippen LogP contribution in [-0.2, 0) is 24.2 Å². The Balaban J connectivity index is 1.89. The first-order valence-electron chi connectivity index (χ1n) is 10.4. The van der Waals surface area contributed by atoms with Gasteiger partial charge < -0.3 is 0 Å². The van der Waals surface area contributed by atoms with Crippen molar-refractivity contribution in [2.24, 2.45) is 11.3 Å². The quantitative estimate of drug-likeness (QED) is 0.592. The Bertz CT molecular complexity index is 1120. The number of aromatic nitrogens is 2. The fourth-order valence-corrected chi connectivity index (χ4v) is 5.57. The minimum atomic E-state index is 0.00168. The van der Waals surface area contributed by atoms with E-state index in [1.165, 1.54) is 10.4 Å². The lowest BCUT2D eigenvalue weighted by Crippen LogP contribution is -2.27. The van der Waals surface area contributed by atoms with Crippen LogP contribution in [0.5, 0.6) is 0 Å². The van der Waals surface area contributed by atoms with Gasteiger partial charge in [0, 0.05) is 23.4 Å². The zero-order valence-electron chi connectivity index (χ0n) is 17.6. The van der Waals surface area contributed by atoms with E-state index in [0.717, 1.165) is 35.0 Å². The predicted octanol–water partition coefficient (Wildman–Crippen LogP) is 5.26. The molecule has 1 unspecified atom stereocenters. The lowest BCUT2D eigenvalue weighted by molar-refractivity contribution is -0.117. The van der Waals surface area contributed by atoms with Gasteiger partial charge in [-0.05, 0) is 43.1 Å². The lowest BCUT2D eigenvalue weighted by atomic mass is 9.72. The van der Waals surface area contributed by atoms with Gasteiger partial charge in [0.05, 0.1) is 5.39 Å². The molecular weight excluding hydrogens is 380 g/mol. The smallest absolute Gasteiger partial charge is 0.262 e. The van der Waals surface area contributed by atoms with E-state index in [4.69, 9.17) is 4.98 Å². The minimum Gasteiger partial charge on any atom is -0.300 e. The summed E-state index contributed by atoms with van der Waals surface area (Å²) in [6, 6.07) is 9.81. The number of fused-ring (bicyclic) bond motifs is 3. The van der Waals surface area contributed by atoms with Gasteiger partial charge in [0.1, 0.15) is 16.4 Å². The lowest BCUT2D eigenvalue weighted by Gasteiger charge is -2.33. The van der Waals surface area contributed by atoms with Crippen molar-refractivity contribution in [2.45, 2.75) is 59.9 Å². The van der Waals surface area contributed by atoms with Crippen LogP contribution in [0.1, 0.15) is 51.0 Å². The highest BCUT2D eigenvalue weighted by Gasteiger charge is 2.32. The fraction of sp³-hybridized carbons (Fsp3) is 0.458. The Morgan fingerprint density at radius 2 is 1.97 bits per heavy atom. The van der Waals surface area contributed by atoms with Crippen molar-refractivity contribution in [3.05, 3.63) is 51.1 Å². The molecule has 152 valence electrons. The van der Waals surface area contributed by atoms with Crippen LogP contribution in [0.25, 0.3) is 21.6 Å². The molecule has 1 aliphatic carbocycles. The molecule has 1 aromatic carbocycles. The molecule has 5 heteroatoms. The highest BCUT2D eigenvalue weighted by Crippen LogP contribution is 2.42. The molecule has 1 atom stereocenters. The van der Waals surface area contributed by atoms with Gasteiger partial charge in [-0.1, -0.05) is 51.1 Å². The first-order valence-corrected chi connectivity index (χ1v) is 11.2. The summed E-state index contributed by atoms with van der Waals surface area (Å²) in [5.74, 6) is 1.36. The number of thiophene rings is 1. The zero-order chi connectivity index (χ0) is 20.8. The van der Waals surface area contributed by atoms with E-state index in [0.29, 0.717) is 24.7 Å². The third-order valence-electron chi connectivity index (χ3n) is 6.11. The van der Waals surface area contributed by atoms with Crippen LogP contribution in [-0.4, -0.2) is 15.3 Å². The summed E-state index contributed by atoms with van der Waals surface area (Å²) in [7, 11) is 0. The van der Waals surface area contributed by atoms with Crippen molar-refractivity contribution in [1.82, 2.24) is 9.55 Å². The molecule has 0 saturated heterocycles. The molecule has 1 aliphatic rings. The van der Waals surface area contributed by atoms with Crippen molar-refractivity contribution in [3.63, 3.8) is 0 Å². The second kappa shape index (κ2) is 7.52. The number of Topliss-reactive ketones (excluding diaryl/α,β-unsaturated/α-hetero) is 1. The van der Waals surface area contributed by atoms with Crippen molar-refractivity contribution in [2.75, 3.05) is 0 Å². The average molecular weight is 409 g/mol. The van der Waals surface area contributed by atoms with Crippen molar-refractivity contribution in [1.29, 1.82) is 0 Å². The van der Waals surface area contributed by atoms with E-state index in [2.05, 4.69) is 20.8 Å². The molecule has 0 spiro atoms. The standard InChI is InChI=1S/C24H28N2O2S/c1-15(27)12-13-26-21(16-8-6-5-7-9-16)25-22-20(23(26)28)18-11-10-17(24(2,3)4)14-19(18)29-22/h5-9,17H,10-14H2,1-4H3. The number of carbonyl (C=O) groups excluding carboxylic acids is 1. The predicted molar refractivity (Wildman–Crippen MR) is 120 cm³/mol. The maximum Gasteiger partial charge on any atom is 0.262 e. The molecular formula is C24H28N2O2S. The van der Waals surface area contributed by atoms with Crippen molar-refractivity contribution >= 4 is 27.3 Å². The van der Waals surface area contributed by atoms with Crippen LogP contribution < -0.4 is 5.56 Å². The van der Waals surface area contributed by atoms with E-state index >= 15 is 0 Å². The maximum absolute atomic E-state index is 13.6. The van der Waals surface area contributed by atoms with Crippen molar-refractivity contribution in [3.8, 4) is 11.4 Å². The maximum atomic E-state index is 13.6. The fourth-order valence-electron chi connectivity index (χ4n) is 4.28. The van der Waals surface area contributed by atoms with Gasteiger partial charge in [0.15, 0.2) is 0 Å². The van der Waals surface area contributed by atoms with E-state index < -0.39 is 0 Å². The SMILES string of the molecule is CC(=O)CCn1c(-c2ccccc2)nc2sc3c(c2c1=O)CCC(C(C)(C)C)C3. The molecule has 4 nitrogen and oxygen atoms in total. The van der Waals surface area contributed by atoms with Gasteiger partial charge in [-0.15, -0.1) is 11.3 Å². The van der Waals surface area contributed by atoms with E-state index in [-0.39, 0.29) is 16.8 Å². The monoisotopic (exact) mass is 408 g/mol. The van der Waals surface area contributed by atoms with Gasteiger partial charge in [0.2, 0.25) is 0 Å². The summed E-state index contributed by atoms with van der Waals surface area (Å²) in [5.41, 5.74) is 2.37. The summed E-state index contributed by atoms with van der Waals surface area (Å²) in [6.07, 6.45) is 3.40. The van der Waals surface area contributed by atoms with Gasteiger partial charge >= 0.3 is 0 Å². The summed E-state index contributed by atoms with van der Waals surface area (Å²) in [5, 5.41) is 0.778. The molecule has 0 bridgehead atoms. The minimum absolute atomic E-state index is 0.00168. The molecule has 29 heavy (non-hydrogen) atoms. The summed E-state index contributed by atoms with van der Waals surface area (Å²) in [4.78, 5) is 32.3. The van der Waals surface area contributed by atoms with E-state index in [9.17, 15) is 9.59 Å². The number of benzene rings is 1. The first-order chi connectivity index (χ1) is 13.8. The normalized spacial score (nSPS) is 16.8. The third-order valence-corrected chi connectivity index (χ3v) is 7.26. The summed E-state index contributed by atoms with van der Waals surface area (Å²) < 4.78 is 1.71. The zero-order valence-corrected chi connectivity index (χ0v) is 18.4. The van der Waals surface area contributed by atoms with Gasteiger partial charge in [0.25, 0.3) is 5.56 Å². The van der Waals surface area contributed by atoms with Crippen LogP contribution >= 0.6 is 11.3 Å². The van der Waals surface area contributed by atoms with Crippen LogP contribution in [0.3, 0.4) is 0 Å². The van der Waals surface area contributed by atoms with E-state index in [1.54, 1.807) is 22.8 Å². The van der Waals surface area contributed by atoms with Crippen LogP contribution in [0.4, 0.5) is 0 Å². The van der Waals surface area contributed by atoms with Gasteiger partial charge in [-0.25, -0.2) is 4.98 Å². The second-order valence-corrected chi connectivity index (χ2v) is 10.3. The number of ketones is 1.